The summed E-state index contributed by atoms with van der Waals surface area (Å²) in [6.45, 7) is 5.81. The highest BCUT2D eigenvalue weighted by Crippen LogP contribution is 2.16. The molecule has 1 aromatic carbocycles. The van der Waals surface area contributed by atoms with Gasteiger partial charge in [0.05, 0.1) is 0 Å². The van der Waals surface area contributed by atoms with Crippen LogP contribution in [0.5, 0.6) is 0 Å². The van der Waals surface area contributed by atoms with Gasteiger partial charge in [0, 0.05) is 5.69 Å². The van der Waals surface area contributed by atoms with Crippen molar-refractivity contribution >= 4 is 17.7 Å². The second-order valence-electron chi connectivity index (χ2n) is 4.95. The Labute approximate surface area is 119 Å². The number of nitrogens with one attached hydrogen (secondary N) is 2. The second kappa shape index (κ2) is 7.53. The van der Waals surface area contributed by atoms with Crippen LogP contribution in [0.2, 0.25) is 0 Å². The Balaban J connectivity index is 2.65. The van der Waals surface area contributed by atoms with Crippen molar-refractivity contribution in [2.24, 2.45) is 0 Å². The zero-order valence-corrected chi connectivity index (χ0v) is 12.2. The molecule has 0 aliphatic heterocycles. The molecule has 1 unspecified atom stereocenters. The molecule has 1 aromatic rings. The van der Waals surface area contributed by atoms with Crippen LogP contribution in [0.3, 0.4) is 0 Å². The molecule has 5 nitrogen and oxygen atoms in total. The molecule has 0 fully saturated rings. The number of amides is 2. The van der Waals surface area contributed by atoms with Crippen molar-refractivity contribution in [3.05, 3.63) is 29.3 Å². The van der Waals surface area contributed by atoms with Gasteiger partial charge in [0.15, 0.2) is 0 Å². The fourth-order valence-electron chi connectivity index (χ4n) is 1.85. The number of urea groups is 1. The van der Waals surface area contributed by atoms with E-state index in [0.717, 1.165) is 24.0 Å². The van der Waals surface area contributed by atoms with Crippen LogP contribution < -0.4 is 10.6 Å². The van der Waals surface area contributed by atoms with E-state index >= 15 is 0 Å². The molecule has 1 rings (SSSR count). The van der Waals surface area contributed by atoms with Crippen LogP contribution in [0.4, 0.5) is 10.5 Å². The molecule has 0 radical (unpaired) electrons. The Morgan fingerprint density at radius 2 is 2.00 bits per heavy atom. The molecular weight excluding hydrogens is 256 g/mol. The lowest BCUT2D eigenvalue weighted by Crippen LogP contribution is -2.43. The normalized spacial score (nSPS) is 11.8. The van der Waals surface area contributed by atoms with Crippen molar-refractivity contribution in [1.82, 2.24) is 5.32 Å². The largest absolute Gasteiger partial charge is 0.480 e. The van der Waals surface area contributed by atoms with Crippen LogP contribution in [0.25, 0.3) is 0 Å². The summed E-state index contributed by atoms with van der Waals surface area (Å²) in [4.78, 5) is 22.9. The van der Waals surface area contributed by atoms with Gasteiger partial charge in [-0.3, -0.25) is 0 Å². The monoisotopic (exact) mass is 278 g/mol. The molecule has 0 saturated carbocycles. The zero-order valence-electron chi connectivity index (χ0n) is 12.2. The predicted molar refractivity (Wildman–Crippen MR) is 79.0 cm³/mol. The number of unbranched alkanes of at least 4 members (excludes halogenated alkanes) is 1. The smallest absolute Gasteiger partial charge is 0.326 e. The molecule has 0 aliphatic carbocycles. The number of carbonyl (C=O) groups excluding carboxylic acids is 1. The maximum Gasteiger partial charge on any atom is 0.326 e. The van der Waals surface area contributed by atoms with Crippen LogP contribution >= 0.6 is 0 Å². The molecule has 110 valence electrons. The molecule has 1 atom stereocenters. The topological polar surface area (TPSA) is 78.4 Å². The summed E-state index contributed by atoms with van der Waals surface area (Å²) in [6.07, 6.45) is 2.09. The van der Waals surface area contributed by atoms with Crippen LogP contribution in [-0.4, -0.2) is 23.1 Å². The van der Waals surface area contributed by atoms with Gasteiger partial charge in [0.1, 0.15) is 6.04 Å². The maximum atomic E-state index is 11.9. The summed E-state index contributed by atoms with van der Waals surface area (Å²) < 4.78 is 0. The summed E-state index contributed by atoms with van der Waals surface area (Å²) in [5, 5.41) is 14.3. The molecule has 20 heavy (non-hydrogen) atoms. The lowest BCUT2D eigenvalue weighted by atomic mass is 10.1. The fraction of sp³-hybridized carbons (Fsp3) is 0.467. The third-order valence-electron chi connectivity index (χ3n) is 3.09. The molecule has 0 aliphatic rings. The first kappa shape index (κ1) is 16.0. The average molecular weight is 278 g/mol. The molecule has 0 saturated heterocycles. The number of benzene rings is 1. The number of rotatable bonds is 6. The third-order valence-corrected chi connectivity index (χ3v) is 3.09. The van der Waals surface area contributed by atoms with Crippen molar-refractivity contribution in [3.63, 3.8) is 0 Å². The van der Waals surface area contributed by atoms with Gasteiger partial charge in [-0.1, -0.05) is 31.9 Å². The van der Waals surface area contributed by atoms with Gasteiger partial charge in [-0.25, -0.2) is 9.59 Å². The number of carboxylic acid groups (broad SMARTS) is 1. The van der Waals surface area contributed by atoms with Gasteiger partial charge in [0.25, 0.3) is 0 Å². The van der Waals surface area contributed by atoms with E-state index < -0.39 is 18.0 Å². The zero-order chi connectivity index (χ0) is 15.1. The Hall–Kier alpha value is -2.04. The first-order valence-corrected chi connectivity index (χ1v) is 6.81. The second-order valence-corrected chi connectivity index (χ2v) is 4.95. The highest BCUT2D eigenvalue weighted by Gasteiger charge is 2.19. The molecule has 0 heterocycles. The van der Waals surface area contributed by atoms with Gasteiger partial charge in [0.2, 0.25) is 0 Å². The van der Waals surface area contributed by atoms with Crippen molar-refractivity contribution in [1.29, 1.82) is 0 Å². The van der Waals surface area contributed by atoms with E-state index in [-0.39, 0.29) is 0 Å². The van der Waals surface area contributed by atoms with E-state index in [2.05, 4.69) is 10.6 Å². The Bertz CT molecular complexity index is 486. The van der Waals surface area contributed by atoms with Gasteiger partial charge in [-0.15, -0.1) is 0 Å². The molecule has 3 N–H and O–H groups in total. The van der Waals surface area contributed by atoms with E-state index in [1.54, 1.807) is 0 Å². The molecular formula is C15H22N2O3. The van der Waals surface area contributed by atoms with Crippen molar-refractivity contribution in [2.75, 3.05) is 5.32 Å². The van der Waals surface area contributed by atoms with Crippen molar-refractivity contribution in [3.8, 4) is 0 Å². The number of hydrogen-bond donors (Lipinski definition) is 3. The molecule has 0 bridgehead atoms. The van der Waals surface area contributed by atoms with E-state index in [4.69, 9.17) is 5.11 Å². The number of carbonyl (C=O) groups is 2. The summed E-state index contributed by atoms with van der Waals surface area (Å²) in [5.41, 5.74) is 2.67. The van der Waals surface area contributed by atoms with Crippen LogP contribution in [-0.2, 0) is 4.79 Å². The van der Waals surface area contributed by atoms with Gasteiger partial charge < -0.3 is 15.7 Å². The minimum absolute atomic E-state index is 0.437. The fourth-order valence-corrected chi connectivity index (χ4v) is 1.85. The van der Waals surface area contributed by atoms with Crippen LogP contribution in [0, 0.1) is 13.8 Å². The highest BCUT2D eigenvalue weighted by atomic mass is 16.4. The maximum absolute atomic E-state index is 11.9. The Kier molecular flexibility index (Phi) is 6.03. The number of aliphatic carboxylic acids is 1. The number of carboxylic acids is 1. The molecule has 0 aromatic heterocycles. The molecule has 0 spiro atoms. The first-order valence-electron chi connectivity index (χ1n) is 6.81. The van der Waals surface area contributed by atoms with Crippen molar-refractivity contribution < 1.29 is 14.7 Å². The average Bonchev–Trinajstić information content (AvgIpc) is 2.38. The van der Waals surface area contributed by atoms with E-state index in [1.807, 2.05) is 39.0 Å². The minimum Gasteiger partial charge on any atom is -0.480 e. The SMILES string of the molecule is CCCCC(NC(=O)Nc1cc(C)ccc1C)C(=O)O. The minimum atomic E-state index is -1.01. The Morgan fingerprint density at radius 1 is 1.30 bits per heavy atom. The first-order chi connectivity index (χ1) is 9.43. The van der Waals surface area contributed by atoms with E-state index in [1.165, 1.54) is 0 Å². The van der Waals surface area contributed by atoms with Gasteiger partial charge in [-0.05, 0) is 37.5 Å². The summed E-state index contributed by atoms with van der Waals surface area (Å²) in [7, 11) is 0. The Morgan fingerprint density at radius 3 is 2.60 bits per heavy atom. The number of hydrogen-bond acceptors (Lipinski definition) is 2. The quantitative estimate of drug-likeness (QED) is 0.748. The number of aryl methyl sites for hydroxylation is 2. The van der Waals surface area contributed by atoms with Crippen LogP contribution in [0.15, 0.2) is 18.2 Å². The van der Waals surface area contributed by atoms with E-state index in [9.17, 15) is 9.59 Å². The van der Waals surface area contributed by atoms with Gasteiger partial charge in [-0.2, -0.15) is 0 Å². The molecule has 5 heteroatoms. The highest BCUT2D eigenvalue weighted by molar-refractivity contribution is 5.92. The predicted octanol–water partition coefficient (Wildman–Crippen LogP) is 3.07. The van der Waals surface area contributed by atoms with Crippen molar-refractivity contribution in [2.45, 2.75) is 46.1 Å². The van der Waals surface area contributed by atoms with Crippen LogP contribution in [0.1, 0.15) is 37.3 Å². The standard InChI is InChI=1S/C15H22N2O3/c1-4-5-6-12(14(18)19)16-15(20)17-13-9-10(2)7-8-11(13)3/h7-9,12H,4-6H2,1-3H3,(H,18,19)(H2,16,17,20). The lowest BCUT2D eigenvalue weighted by molar-refractivity contribution is -0.139. The summed E-state index contributed by atoms with van der Waals surface area (Å²) in [5.74, 6) is -1.01. The summed E-state index contributed by atoms with van der Waals surface area (Å²) >= 11 is 0. The lowest BCUT2D eigenvalue weighted by Gasteiger charge is -2.16. The summed E-state index contributed by atoms with van der Waals surface area (Å²) in [6, 6.07) is 4.40. The van der Waals surface area contributed by atoms with E-state index in [0.29, 0.717) is 12.1 Å². The molecule has 2 amide bonds. The van der Waals surface area contributed by atoms with Gasteiger partial charge >= 0.3 is 12.0 Å². The third kappa shape index (κ3) is 4.91. The number of anilines is 1.